The fraction of sp³-hybridized carbons (Fsp3) is 0.500. The maximum atomic E-state index is 11.8. The Kier molecular flexibility index (Phi) is 4.00. The van der Waals surface area contributed by atoms with Crippen molar-refractivity contribution in [1.29, 1.82) is 0 Å². The minimum Gasteiger partial charge on any atom is -0.338 e. The zero-order valence-electron chi connectivity index (χ0n) is 17.5. The molecule has 138 valence electrons. The van der Waals surface area contributed by atoms with Crippen molar-refractivity contribution in [2.24, 2.45) is 13.0 Å². The molecular weight excluding hydrogens is 322 g/mol. The molecule has 4 nitrogen and oxygen atoms in total. The number of pyridine rings is 1. The molecule has 2 aliphatic rings. The van der Waals surface area contributed by atoms with Gasteiger partial charge >= 0.3 is 0 Å². The summed E-state index contributed by atoms with van der Waals surface area (Å²) >= 11 is 0. The normalized spacial score (nSPS) is 18.4. The van der Waals surface area contributed by atoms with Crippen LogP contribution in [0.4, 0.5) is 11.4 Å². The molecule has 0 unspecified atom stereocenters. The summed E-state index contributed by atoms with van der Waals surface area (Å²) in [5, 5.41) is 0. The van der Waals surface area contributed by atoms with Gasteiger partial charge in [-0.05, 0) is 68.3 Å². The fourth-order valence-electron chi connectivity index (χ4n) is 3.87. The van der Waals surface area contributed by atoms with E-state index >= 15 is 0 Å². The van der Waals surface area contributed by atoms with E-state index in [0.29, 0.717) is 0 Å². The van der Waals surface area contributed by atoms with Gasteiger partial charge in [-0.15, -0.1) is 0 Å². The molecule has 2 heterocycles. The number of hydrogen-bond acceptors (Lipinski definition) is 3. The highest BCUT2D eigenvalue weighted by Gasteiger charge is 2.26. The lowest BCUT2D eigenvalue weighted by atomic mass is 9.98. The number of aromatic nitrogens is 1. The molecule has 0 N–H and O–H groups in total. The zero-order chi connectivity index (χ0) is 19.7. The third kappa shape index (κ3) is 3.56. The fourth-order valence-corrected chi connectivity index (χ4v) is 3.87. The highest BCUT2D eigenvalue weighted by molar-refractivity contribution is 5.64. The largest absolute Gasteiger partial charge is 0.338 e. The van der Waals surface area contributed by atoms with Crippen LogP contribution in [0.15, 0.2) is 41.3 Å². The van der Waals surface area contributed by atoms with Crippen molar-refractivity contribution in [2.75, 3.05) is 18.0 Å². The SMILES string of the molecule is [2H]CC(C[2H])N(c1ccc2c(c1)CN(CC1CC1)CC2)c1ccc(=O)n(C)c1. The maximum absolute atomic E-state index is 11.8. The smallest absolute Gasteiger partial charge is 0.250 e. The quantitative estimate of drug-likeness (QED) is 0.820. The van der Waals surface area contributed by atoms with Crippen LogP contribution in [0.2, 0.25) is 0 Å². The number of anilines is 2. The Morgan fingerprint density at radius 1 is 1.19 bits per heavy atom. The standard InChI is InChI=1S/C22H29N3O/c1-16(2)25(21-8-9-22(26)23(3)15-21)20-7-6-18-10-11-24(13-17-4-5-17)14-19(18)12-20/h6-9,12,15-17H,4-5,10-11,13-14H2,1-3H3/i1D,2D. The van der Waals surface area contributed by atoms with Crippen molar-refractivity contribution in [3.63, 3.8) is 0 Å². The van der Waals surface area contributed by atoms with Crippen LogP contribution in [0.25, 0.3) is 0 Å². The number of fused-ring (bicyclic) bond motifs is 1. The monoisotopic (exact) mass is 353 g/mol. The van der Waals surface area contributed by atoms with E-state index in [9.17, 15) is 4.79 Å². The third-order valence-electron chi connectivity index (χ3n) is 5.49. The van der Waals surface area contributed by atoms with Crippen molar-refractivity contribution in [3.05, 3.63) is 58.0 Å². The van der Waals surface area contributed by atoms with E-state index in [1.54, 1.807) is 29.9 Å². The summed E-state index contributed by atoms with van der Waals surface area (Å²) in [5.74, 6) is 0.892. The summed E-state index contributed by atoms with van der Waals surface area (Å²) in [6.45, 7) is 3.59. The van der Waals surface area contributed by atoms with Crippen LogP contribution in [0.1, 0.15) is 40.5 Å². The van der Waals surface area contributed by atoms with Gasteiger partial charge in [0, 0.05) is 53.4 Å². The van der Waals surface area contributed by atoms with Crippen molar-refractivity contribution >= 4 is 11.4 Å². The molecule has 4 rings (SSSR count). The second-order valence-corrected chi connectivity index (χ2v) is 7.74. The van der Waals surface area contributed by atoms with E-state index in [-0.39, 0.29) is 25.4 Å². The molecule has 1 saturated carbocycles. The number of rotatable bonds is 5. The first-order valence-electron chi connectivity index (χ1n) is 10.9. The van der Waals surface area contributed by atoms with Crippen molar-refractivity contribution in [2.45, 2.75) is 45.6 Å². The highest BCUT2D eigenvalue weighted by atomic mass is 16.1. The first-order chi connectivity index (χ1) is 13.6. The highest BCUT2D eigenvalue weighted by Crippen LogP contribution is 2.34. The Bertz CT molecular complexity index is 890. The molecule has 26 heavy (non-hydrogen) atoms. The Morgan fingerprint density at radius 3 is 2.73 bits per heavy atom. The molecule has 0 saturated heterocycles. The molecular formula is C22H29N3O. The van der Waals surface area contributed by atoms with E-state index < -0.39 is 0 Å². The van der Waals surface area contributed by atoms with Crippen LogP contribution >= 0.6 is 0 Å². The lowest BCUT2D eigenvalue weighted by Crippen LogP contribution is -2.33. The number of aryl methyl sites for hydroxylation is 1. The second-order valence-electron chi connectivity index (χ2n) is 7.74. The van der Waals surface area contributed by atoms with Gasteiger partial charge in [0.05, 0.1) is 5.69 Å². The van der Waals surface area contributed by atoms with E-state index in [1.165, 1.54) is 30.5 Å². The number of hydrogen-bond donors (Lipinski definition) is 0. The summed E-state index contributed by atoms with van der Waals surface area (Å²) in [6, 6.07) is 9.67. The minimum atomic E-state index is -0.248. The molecule has 0 radical (unpaired) electrons. The Morgan fingerprint density at radius 2 is 2.00 bits per heavy atom. The third-order valence-corrected chi connectivity index (χ3v) is 5.49. The average Bonchev–Trinajstić information content (AvgIpc) is 3.52. The first kappa shape index (κ1) is 15.0. The molecule has 1 aliphatic heterocycles. The molecule has 1 fully saturated rings. The average molecular weight is 354 g/mol. The van der Waals surface area contributed by atoms with Crippen LogP contribution in [0.5, 0.6) is 0 Å². The van der Waals surface area contributed by atoms with E-state index in [0.717, 1.165) is 36.8 Å². The Hall–Kier alpha value is -2.07. The molecule has 2 aromatic rings. The van der Waals surface area contributed by atoms with Gasteiger partial charge in [0.15, 0.2) is 0 Å². The minimum absolute atomic E-state index is 0.0573. The molecule has 1 aromatic heterocycles. The van der Waals surface area contributed by atoms with Crippen molar-refractivity contribution in [1.82, 2.24) is 9.47 Å². The topological polar surface area (TPSA) is 28.5 Å². The van der Waals surface area contributed by atoms with Gasteiger partial charge in [0.25, 0.3) is 0 Å². The van der Waals surface area contributed by atoms with Gasteiger partial charge < -0.3 is 9.47 Å². The molecule has 0 amide bonds. The van der Waals surface area contributed by atoms with Gasteiger partial charge in [0.2, 0.25) is 5.56 Å². The molecule has 1 aromatic carbocycles. The van der Waals surface area contributed by atoms with Crippen LogP contribution in [-0.2, 0) is 20.0 Å². The summed E-state index contributed by atoms with van der Waals surface area (Å²) in [5.41, 5.74) is 4.57. The molecule has 4 heteroatoms. The zero-order valence-corrected chi connectivity index (χ0v) is 15.5. The Labute approximate surface area is 158 Å². The summed E-state index contributed by atoms with van der Waals surface area (Å²) in [6.07, 6.45) is 5.64. The van der Waals surface area contributed by atoms with Crippen LogP contribution in [0.3, 0.4) is 0 Å². The number of nitrogens with zero attached hydrogens (tertiary/aromatic N) is 3. The van der Waals surface area contributed by atoms with Gasteiger partial charge in [-0.2, -0.15) is 0 Å². The van der Waals surface area contributed by atoms with Gasteiger partial charge in [-0.1, -0.05) is 6.07 Å². The number of benzene rings is 1. The van der Waals surface area contributed by atoms with Crippen LogP contribution in [-0.4, -0.2) is 28.6 Å². The van der Waals surface area contributed by atoms with Crippen LogP contribution < -0.4 is 10.5 Å². The summed E-state index contributed by atoms with van der Waals surface area (Å²) < 4.78 is 17.5. The maximum Gasteiger partial charge on any atom is 0.250 e. The van der Waals surface area contributed by atoms with E-state index in [1.807, 2.05) is 0 Å². The predicted octanol–water partition coefficient (Wildman–Crippen LogP) is 3.70. The van der Waals surface area contributed by atoms with Crippen molar-refractivity contribution in [3.8, 4) is 0 Å². The lowest BCUT2D eigenvalue weighted by Gasteiger charge is -2.33. The van der Waals surface area contributed by atoms with E-state index in [4.69, 9.17) is 2.74 Å². The van der Waals surface area contributed by atoms with Crippen molar-refractivity contribution < 1.29 is 2.74 Å². The predicted molar refractivity (Wildman–Crippen MR) is 107 cm³/mol. The molecule has 0 atom stereocenters. The molecule has 0 spiro atoms. The summed E-state index contributed by atoms with van der Waals surface area (Å²) in [4.78, 5) is 16.4. The Balaban J connectivity index is 1.68. The second kappa shape index (κ2) is 6.92. The van der Waals surface area contributed by atoms with E-state index in [2.05, 4.69) is 28.0 Å². The molecule has 1 aliphatic carbocycles. The van der Waals surface area contributed by atoms with Gasteiger partial charge in [-0.3, -0.25) is 9.69 Å². The lowest BCUT2D eigenvalue weighted by molar-refractivity contribution is 0.244. The van der Waals surface area contributed by atoms with Gasteiger partial charge in [0.1, 0.15) is 0 Å². The first-order valence-corrected chi connectivity index (χ1v) is 9.47. The summed E-state index contributed by atoms with van der Waals surface area (Å²) in [7, 11) is 1.74. The van der Waals surface area contributed by atoms with Crippen LogP contribution in [0, 0.1) is 5.92 Å². The van der Waals surface area contributed by atoms with Gasteiger partial charge in [-0.25, -0.2) is 0 Å². The molecule has 0 bridgehead atoms.